The molecule has 0 aliphatic heterocycles. The van der Waals surface area contributed by atoms with E-state index in [4.69, 9.17) is 0 Å². The van der Waals surface area contributed by atoms with Gasteiger partial charge in [0.2, 0.25) is 0 Å². The summed E-state index contributed by atoms with van der Waals surface area (Å²) in [4.78, 5) is 0. The molecule has 2 aromatic carbocycles. The number of hydrogen-bond acceptors (Lipinski definition) is 1. The van der Waals surface area contributed by atoms with Crippen molar-refractivity contribution in [3.05, 3.63) is 69.0 Å². The number of hydrogen-bond donors (Lipinski definition) is 1. The highest BCUT2D eigenvalue weighted by molar-refractivity contribution is 14.1. The molecular weight excluding hydrogens is 340 g/mol. The van der Waals surface area contributed by atoms with Gasteiger partial charge >= 0.3 is 0 Å². The van der Waals surface area contributed by atoms with E-state index in [1.54, 1.807) is 6.07 Å². The van der Waals surface area contributed by atoms with Crippen molar-refractivity contribution in [3.63, 3.8) is 0 Å². The molecule has 0 saturated heterocycles. The van der Waals surface area contributed by atoms with Crippen LogP contribution < -0.4 is 5.32 Å². The average Bonchev–Trinajstić information content (AvgIpc) is 2.38. The lowest BCUT2D eigenvalue weighted by molar-refractivity contribution is 0.528. The summed E-state index contributed by atoms with van der Waals surface area (Å²) in [5, 5.41) is 3.33. The summed E-state index contributed by atoms with van der Waals surface area (Å²) in [7, 11) is 0. The first-order chi connectivity index (χ1) is 8.66. The fourth-order valence-corrected chi connectivity index (χ4v) is 2.17. The molecule has 0 bridgehead atoms. The second-order valence-electron chi connectivity index (χ2n) is 4.25. The van der Waals surface area contributed by atoms with Gasteiger partial charge < -0.3 is 5.32 Å². The molecule has 0 fully saturated rings. The van der Waals surface area contributed by atoms with E-state index >= 15 is 0 Å². The van der Waals surface area contributed by atoms with Crippen LogP contribution in [0.4, 0.5) is 4.39 Å². The van der Waals surface area contributed by atoms with Crippen molar-refractivity contribution in [2.24, 2.45) is 0 Å². The van der Waals surface area contributed by atoms with Crippen molar-refractivity contribution in [2.45, 2.75) is 19.5 Å². The highest BCUT2D eigenvalue weighted by Gasteiger charge is 2.09. The lowest BCUT2D eigenvalue weighted by atomic mass is 10.1. The summed E-state index contributed by atoms with van der Waals surface area (Å²) in [5.41, 5.74) is 1.92. The fourth-order valence-electron chi connectivity index (χ4n) is 1.81. The molecule has 0 aromatic heterocycles. The fraction of sp³-hybridized carbons (Fsp3) is 0.200. The molecule has 0 saturated carbocycles. The number of halogens is 2. The van der Waals surface area contributed by atoms with Crippen LogP contribution in [0.15, 0.2) is 48.5 Å². The zero-order valence-corrected chi connectivity index (χ0v) is 12.3. The van der Waals surface area contributed by atoms with Gasteiger partial charge in [-0.2, -0.15) is 0 Å². The first kappa shape index (κ1) is 13.5. The summed E-state index contributed by atoms with van der Waals surface area (Å²) in [6, 6.07) is 15.2. The van der Waals surface area contributed by atoms with Crippen LogP contribution in [-0.2, 0) is 6.54 Å². The van der Waals surface area contributed by atoms with Crippen LogP contribution in [0.25, 0.3) is 0 Å². The minimum atomic E-state index is -0.153. The molecule has 0 aliphatic carbocycles. The molecule has 0 heterocycles. The molecule has 0 radical (unpaired) electrons. The highest BCUT2D eigenvalue weighted by atomic mass is 127. The van der Waals surface area contributed by atoms with Gasteiger partial charge in [-0.1, -0.05) is 30.3 Å². The Morgan fingerprint density at radius 3 is 2.44 bits per heavy atom. The summed E-state index contributed by atoms with van der Waals surface area (Å²) in [5.74, 6) is -0.153. The van der Waals surface area contributed by atoms with Gasteiger partial charge in [0.05, 0.1) is 0 Å². The SMILES string of the molecule is C[C@@H](NCc1ccc(I)cc1)c1ccccc1F. The molecule has 1 atom stereocenters. The van der Waals surface area contributed by atoms with E-state index in [-0.39, 0.29) is 11.9 Å². The van der Waals surface area contributed by atoms with Gasteiger partial charge in [0.1, 0.15) is 5.82 Å². The minimum absolute atomic E-state index is 0.00507. The molecule has 0 amide bonds. The highest BCUT2D eigenvalue weighted by Crippen LogP contribution is 2.16. The van der Waals surface area contributed by atoms with Crippen LogP contribution in [0.3, 0.4) is 0 Å². The van der Waals surface area contributed by atoms with E-state index in [1.165, 1.54) is 15.2 Å². The summed E-state index contributed by atoms with van der Waals surface area (Å²) >= 11 is 2.28. The van der Waals surface area contributed by atoms with Crippen LogP contribution >= 0.6 is 22.6 Å². The van der Waals surface area contributed by atoms with E-state index in [1.807, 2.05) is 19.1 Å². The van der Waals surface area contributed by atoms with E-state index in [9.17, 15) is 4.39 Å². The molecular formula is C15H15FIN. The van der Waals surface area contributed by atoms with Gasteiger partial charge in [-0.05, 0) is 53.3 Å². The summed E-state index contributed by atoms with van der Waals surface area (Å²) in [6.45, 7) is 2.72. The minimum Gasteiger partial charge on any atom is -0.306 e. The van der Waals surface area contributed by atoms with E-state index < -0.39 is 0 Å². The average molecular weight is 355 g/mol. The Labute approximate surface area is 121 Å². The van der Waals surface area contributed by atoms with Crippen molar-refractivity contribution in [1.82, 2.24) is 5.32 Å². The maximum absolute atomic E-state index is 13.6. The largest absolute Gasteiger partial charge is 0.306 e. The van der Waals surface area contributed by atoms with Crippen molar-refractivity contribution < 1.29 is 4.39 Å². The van der Waals surface area contributed by atoms with Crippen molar-refractivity contribution in [2.75, 3.05) is 0 Å². The summed E-state index contributed by atoms with van der Waals surface area (Å²) < 4.78 is 14.8. The lowest BCUT2D eigenvalue weighted by Crippen LogP contribution is -2.19. The zero-order valence-electron chi connectivity index (χ0n) is 10.2. The molecule has 0 spiro atoms. The van der Waals surface area contributed by atoms with E-state index in [0.29, 0.717) is 5.56 Å². The van der Waals surface area contributed by atoms with Gasteiger partial charge in [-0.15, -0.1) is 0 Å². The topological polar surface area (TPSA) is 12.0 Å². The quantitative estimate of drug-likeness (QED) is 0.808. The molecule has 0 aliphatic rings. The van der Waals surface area contributed by atoms with Gasteiger partial charge in [0.15, 0.2) is 0 Å². The second kappa shape index (κ2) is 6.29. The number of benzene rings is 2. The number of nitrogens with one attached hydrogen (secondary N) is 1. The van der Waals surface area contributed by atoms with Gasteiger partial charge in [0, 0.05) is 21.7 Å². The van der Waals surface area contributed by atoms with Crippen molar-refractivity contribution in [3.8, 4) is 0 Å². The first-order valence-corrected chi connectivity index (χ1v) is 6.97. The van der Waals surface area contributed by atoms with E-state index in [2.05, 4.69) is 52.2 Å². The molecule has 3 heteroatoms. The van der Waals surface area contributed by atoms with Crippen molar-refractivity contribution >= 4 is 22.6 Å². The van der Waals surface area contributed by atoms with Gasteiger partial charge in [-0.3, -0.25) is 0 Å². The third-order valence-electron chi connectivity index (χ3n) is 2.90. The monoisotopic (exact) mass is 355 g/mol. The molecule has 1 nitrogen and oxygen atoms in total. The molecule has 2 aromatic rings. The molecule has 1 N–H and O–H groups in total. The number of rotatable bonds is 4. The predicted octanol–water partition coefficient (Wildman–Crippen LogP) is 4.28. The Morgan fingerprint density at radius 2 is 1.78 bits per heavy atom. The van der Waals surface area contributed by atoms with E-state index in [0.717, 1.165) is 6.54 Å². The van der Waals surface area contributed by atoms with Crippen LogP contribution in [0.2, 0.25) is 0 Å². The third-order valence-corrected chi connectivity index (χ3v) is 3.62. The predicted molar refractivity (Wildman–Crippen MR) is 80.8 cm³/mol. The zero-order chi connectivity index (χ0) is 13.0. The molecule has 18 heavy (non-hydrogen) atoms. The molecule has 0 unspecified atom stereocenters. The van der Waals surface area contributed by atoms with Gasteiger partial charge in [0.25, 0.3) is 0 Å². The third kappa shape index (κ3) is 3.53. The van der Waals surface area contributed by atoms with Gasteiger partial charge in [-0.25, -0.2) is 4.39 Å². The van der Waals surface area contributed by atoms with Crippen LogP contribution in [0.5, 0.6) is 0 Å². The Hall–Kier alpha value is -0.940. The van der Waals surface area contributed by atoms with Crippen LogP contribution in [-0.4, -0.2) is 0 Å². The normalized spacial score (nSPS) is 12.4. The smallest absolute Gasteiger partial charge is 0.127 e. The Morgan fingerprint density at radius 1 is 1.11 bits per heavy atom. The Bertz CT molecular complexity index is 510. The maximum Gasteiger partial charge on any atom is 0.127 e. The van der Waals surface area contributed by atoms with Crippen LogP contribution in [0.1, 0.15) is 24.1 Å². The molecule has 94 valence electrons. The standard InChI is InChI=1S/C15H15FIN/c1-11(14-4-2-3-5-15(14)16)18-10-12-6-8-13(17)9-7-12/h2-9,11,18H,10H2,1H3/t11-/m1/s1. The Kier molecular flexibility index (Phi) is 4.72. The summed E-state index contributed by atoms with van der Waals surface area (Å²) in [6.07, 6.45) is 0. The van der Waals surface area contributed by atoms with Crippen LogP contribution in [0, 0.1) is 9.39 Å². The van der Waals surface area contributed by atoms with Crippen molar-refractivity contribution in [1.29, 1.82) is 0 Å². The second-order valence-corrected chi connectivity index (χ2v) is 5.50. The first-order valence-electron chi connectivity index (χ1n) is 5.89. The maximum atomic E-state index is 13.6. The molecule has 2 rings (SSSR count). The lowest BCUT2D eigenvalue weighted by Gasteiger charge is -2.15. The Balaban J connectivity index is 1.98.